The number of pyridine rings is 1. The van der Waals surface area contributed by atoms with E-state index in [2.05, 4.69) is 10.3 Å². The van der Waals surface area contributed by atoms with E-state index < -0.39 is 11.6 Å². The molecule has 0 bridgehead atoms. The SMILES string of the molecule is CCC1C(=O)NC(C)(CC)C(=O)N1C(C)c1cccnc1. The molecule has 1 aromatic heterocycles. The van der Waals surface area contributed by atoms with E-state index in [1.54, 1.807) is 24.2 Å². The van der Waals surface area contributed by atoms with Crippen LogP contribution in [-0.2, 0) is 9.59 Å². The second-order valence-corrected chi connectivity index (χ2v) is 5.77. The average molecular weight is 289 g/mol. The summed E-state index contributed by atoms with van der Waals surface area (Å²) in [7, 11) is 0. The van der Waals surface area contributed by atoms with Gasteiger partial charge < -0.3 is 10.2 Å². The van der Waals surface area contributed by atoms with Gasteiger partial charge in [-0.05, 0) is 38.3 Å². The highest BCUT2D eigenvalue weighted by Gasteiger charge is 2.48. The molecular formula is C16H23N3O2. The third-order valence-electron chi connectivity index (χ3n) is 4.42. The van der Waals surface area contributed by atoms with Crippen molar-refractivity contribution in [2.45, 2.75) is 58.2 Å². The van der Waals surface area contributed by atoms with Crippen molar-refractivity contribution in [1.29, 1.82) is 0 Å². The van der Waals surface area contributed by atoms with E-state index in [1.165, 1.54) is 0 Å². The molecule has 1 N–H and O–H groups in total. The molecule has 0 aromatic carbocycles. The van der Waals surface area contributed by atoms with E-state index in [9.17, 15) is 9.59 Å². The number of aromatic nitrogens is 1. The molecule has 3 unspecified atom stereocenters. The van der Waals surface area contributed by atoms with Crippen LogP contribution in [0.1, 0.15) is 52.1 Å². The van der Waals surface area contributed by atoms with Gasteiger partial charge >= 0.3 is 0 Å². The molecule has 1 fully saturated rings. The third kappa shape index (κ3) is 2.64. The number of carbonyl (C=O) groups is 2. The maximum Gasteiger partial charge on any atom is 0.249 e. The Labute approximate surface area is 125 Å². The van der Waals surface area contributed by atoms with Crippen molar-refractivity contribution in [2.75, 3.05) is 0 Å². The predicted octanol–water partition coefficient (Wildman–Crippen LogP) is 2.05. The Balaban J connectivity index is 2.41. The normalized spacial score (nSPS) is 27.4. The van der Waals surface area contributed by atoms with Gasteiger partial charge in [-0.15, -0.1) is 0 Å². The van der Waals surface area contributed by atoms with Gasteiger partial charge in [-0.2, -0.15) is 0 Å². The number of carbonyl (C=O) groups excluding carboxylic acids is 2. The zero-order valence-electron chi connectivity index (χ0n) is 13.1. The molecule has 5 heteroatoms. The lowest BCUT2D eigenvalue weighted by atomic mass is 9.89. The Morgan fingerprint density at radius 2 is 2.14 bits per heavy atom. The Kier molecular flexibility index (Phi) is 4.30. The van der Waals surface area contributed by atoms with Crippen molar-refractivity contribution in [3.05, 3.63) is 30.1 Å². The minimum atomic E-state index is -0.820. The van der Waals surface area contributed by atoms with Crippen molar-refractivity contribution in [3.8, 4) is 0 Å². The molecule has 114 valence electrons. The summed E-state index contributed by atoms with van der Waals surface area (Å²) in [4.78, 5) is 31.1. The summed E-state index contributed by atoms with van der Waals surface area (Å²) >= 11 is 0. The molecule has 1 aliphatic heterocycles. The van der Waals surface area contributed by atoms with Crippen molar-refractivity contribution in [2.24, 2.45) is 0 Å². The standard InChI is InChI=1S/C16H23N3O2/c1-5-13-14(20)18-16(4,6-2)15(21)19(13)11(3)12-8-7-9-17-10-12/h7-11,13H,5-6H2,1-4H3,(H,18,20). The van der Waals surface area contributed by atoms with E-state index in [-0.39, 0.29) is 17.9 Å². The van der Waals surface area contributed by atoms with Gasteiger partial charge in [0.2, 0.25) is 11.8 Å². The van der Waals surface area contributed by atoms with Crippen LogP contribution in [0.3, 0.4) is 0 Å². The Hall–Kier alpha value is -1.91. The number of nitrogens with one attached hydrogen (secondary N) is 1. The number of amides is 2. The van der Waals surface area contributed by atoms with Crippen molar-refractivity contribution >= 4 is 11.8 Å². The zero-order chi connectivity index (χ0) is 15.6. The van der Waals surface area contributed by atoms with E-state index in [4.69, 9.17) is 0 Å². The van der Waals surface area contributed by atoms with Crippen molar-refractivity contribution < 1.29 is 9.59 Å². The van der Waals surface area contributed by atoms with Crippen molar-refractivity contribution in [3.63, 3.8) is 0 Å². The number of piperazine rings is 1. The average Bonchev–Trinajstić information content (AvgIpc) is 2.50. The predicted molar refractivity (Wildman–Crippen MR) is 80.4 cm³/mol. The van der Waals surface area contributed by atoms with Crippen LogP contribution in [0, 0.1) is 0 Å². The van der Waals surface area contributed by atoms with Crippen LogP contribution >= 0.6 is 0 Å². The van der Waals surface area contributed by atoms with Crippen LogP contribution in [0.4, 0.5) is 0 Å². The quantitative estimate of drug-likeness (QED) is 0.922. The fraction of sp³-hybridized carbons (Fsp3) is 0.562. The molecule has 1 aromatic rings. The fourth-order valence-corrected chi connectivity index (χ4v) is 2.81. The minimum absolute atomic E-state index is 0.0206. The molecule has 0 spiro atoms. The summed E-state index contributed by atoms with van der Waals surface area (Å²) < 4.78 is 0. The van der Waals surface area contributed by atoms with Gasteiger partial charge in [0.1, 0.15) is 11.6 Å². The lowest BCUT2D eigenvalue weighted by Crippen LogP contribution is -2.69. The van der Waals surface area contributed by atoms with E-state index in [0.717, 1.165) is 5.56 Å². The smallest absolute Gasteiger partial charge is 0.249 e. The second kappa shape index (κ2) is 5.84. The molecule has 21 heavy (non-hydrogen) atoms. The first-order valence-electron chi connectivity index (χ1n) is 7.49. The molecule has 1 saturated heterocycles. The van der Waals surface area contributed by atoms with Crippen LogP contribution < -0.4 is 5.32 Å². The van der Waals surface area contributed by atoms with Gasteiger partial charge in [-0.3, -0.25) is 14.6 Å². The number of hydrogen-bond donors (Lipinski definition) is 1. The Bertz CT molecular complexity index is 532. The molecule has 2 amide bonds. The van der Waals surface area contributed by atoms with E-state index in [1.807, 2.05) is 32.9 Å². The van der Waals surface area contributed by atoms with E-state index in [0.29, 0.717) is 12.8 Å². The molecule has 1 aliphatic rings. The van der Waals surface area contributed by atoms with Gasteiger partial charge in [0.25, 0.3) is 0 Å². The monoisotopic (exact) mass is 289 g/mol. The summed E-state index contributed by atoms with van der Waals surface area (Å²) in [6.07, 6.45) is 4.63. The maximum atomic E-state index is 12.9. The highest BCUT2D eigenvalue weighted by Crippen LogP contribution is 2.31. The second-order valence-electron chi connectivity index (χ2n) is 5.77. The van der Waals surface area contributed by atoms with Gasteiger partial charge in [0, 0.05) is 12.4 Å². The van der Waals surface area contributed by atoms with Crippen LogP contribution in [0.2, 0.25) is 0 Å². The molecule has 2 heterocycles. The van der Waals surface area contributed by atoms with E-state index >= 15 is 0 Å². The summed E-state index contributed by atoms with van der Waals surface area (Å²) in [6, 6.07) is 3.19. The number of rotatable bonds is 4. The number of hydrogen-bond acceptors (Lipinski definition) is 3. The minimum Gasteiger partial charge on any atom is -0.340 e. The summed E-state index contributed by atoms with van der Waals surface area (Å²) in [5, 5.41) is 2.88. The zero-order valence-corrected chi connectivity index (χ0v) is 13.1. The summed E-state index contributed by atoms with van der Waals surface area (Å²) in [5.41, 5.74) is 0.122. The highest BCUT2D eigenvalue weighted by molar-refractivity contribution is 5.99. The number of nitrogens with zero attached hydrogens (tertiary/aromatic N) is 2. The molecule has 2 rings (SSSR count). The highest BCUT2D eigenvalue weighted by atomic mass is 16.2. The summed E-state index contributed by atoms with van der Waals surface area (Å²) in [6.45, 7) is 7.58. The van der Waals surface area contributed by atoms with Crippen molar-refractivity contribution in [1.82, 2.24) is 15.2 Å². The van der Waals surface area contributed by atoms with Crippen LogP contribution in [0.15, 0.2) is 24.5 Å². The first-order chi connectivity index (χ1) is 9.94. The van der Waals surface area contributed by atoms with Crippen LogP contribution in [-0.4, -0.2) is 33.3 Å². The largest absolute Gasteiger partial charge is 0.340 e. The lowest BCUT2D eigenvalue weighted by molar-refractivity contribution is -0.157. The lowest BCUT2D eigenvalue weighted by Gasteiger charge is -2.46. The molecule has 3 atom stereocenters. The van der Waals surface area contributed by atoms with Gasteiger partial charge in [0.15, 0.2) is 0 Å². The van der Waals surface area contributed by atoms with Crippen LogP contribution in [0.25, 0.3) is 0 Å². The Morgan fingerprint density at radius 1 is 1.43 bits per heavy atom. The van der Waals surface area contributed by atoms with Gasteiger partial charge in [-0.25, -0.2) is 0 Å². The van der Waals surface area contributed by atoms with Gasteiger partial charge in [0.05, 0.1) is 6.04 Å². The maximum absolute atomic E-state index is 12.9. The first kappa shape index (κ1) is 15.5. The summed E-state index contributed by atoms with van der Waals surface area (Å²) in [5.74, 6) is -0.0926. The third-order valence-corrected chi connectivity index (χ3v) is 4.42. The topological polar surface area (TPSA) is 62.3 Å². The molecule has 0 radical (unpaired) electrons. The fourth-order valence-electron chi connectivity index (χ4n) is 2.81. The molecule has 0 aliphatic carbocycles. The Morgan fingerprint density at radius 3 is 2.67 bits per heavy atom. The molecular weight excluding hydrogens is 266 g/mol. The van der Waals surface area contributed by atoms with Gasteiger partial charge in [-0.1, -0.05) is 19.9 Å². The molecule has 0 saturated carbocycles. The van der Waals surface area contributed by atoms with Crippen LogP contribution in [0.5, 0.6) is 0 Å². The molecule has 5 nitrogen and oxygen atoms in total. The first-order valence-corrected chi connectivity index (χ1v) is 7.49.